The lowest BCUT2D eigenvalue weighted by atomic mass is 10.1. The van der Waals surface area contributed by atoms with E-state index in [1.165, 1.54) is 63.1 Å². The van der Waals surface area contributed by atoms with E-state index in [-0.39, 0.29) is 0 Å². The van der Waals surface area contributed by atoms with E-state index in [0.717, 1.165) is 24.0 Å². The Labute approximate surface area is 174 Å². The zero-order chi connectivity index (χ0) is 20.8. The summed E-state index contributed by atoms with van der Waals surface area (Å²) in [6.07, 6.45) is 14.0. The van der Waals surface area contributed by atoms with Crippen molar-refractivity contribution in [3.05, 3.63) is 24.3 Å². The molecule has 7 heteroatoms. The van der Waals surface area contributed by atoms with Crippen molar-refractivity contribution in [2.75, 3.05) is 11.0 Å². The smallest absolute Gasteiger partial charge is 0.316 e. The second-order valence-corrected chi connectivity index (χ2v) is 10.3. The molecule has 0 aromatic heterocycles. The number of carbonyl (C=O) groups is 1. The molecule has 1 aromatic carbocycles. The molecule has 1 rings (SSSR count). The van der Waals surface area contributed by atoms with E-state index < -0.39 is 21.2 Å². The summed E-state index contributed by atoms with van der Waals surface area (Å²) in [5, 5.41) is 8.99. The number of aliphatic carboxylic acids is 1. The number of hydrogen-bond donors (Lipinski definition) is 2. The molecular formula is C21H35NO4S2. The van der Waals surface area contributed by atoms with Gasteiger partial charge in [-0.1, -0.05) is 77.2 Å². The topological polar surface area (TPSA) is 83.5 Å². The van der Waals surface area contributed by atoms with Crippen LogP contribution < -0.4 is 4.72 Å². The van der Waals surface area contributed by atoms with Gasteiger partial charge in [0.1, 0.15) is 5.25 Å². The molecular weight excluding hydrogens is 394 g/mol. The van der Waals surface area contributed by atoms with Crippen molar-refractivity contribution in [3.8, 4) is 0 Å². The molecule has 0 spiro atoms. The van der Waals surface area contributed by atoms with Gasteiger partial charge in [-0.3, -0.25) is 9.52 Å². The molecule has 0 saturated carbocycles. The van der Waals surface area contributed by atoms with Crippen molar-refractivity contribution in [1.82, 2.24) is 0 Å². The Bertz CT molecular complexity index is 677. The van der Waals surface area contributed by atoms with Crippen LogP contribution in [0.4, 0.5) is 5.69 Å². The molecule has 0 aliphatic heterocycles. The highest BCUT2D eigenvalue weighted by atomic mass is 32.2. The summed E-state index contributed by atoms with van der Waals surface area (Å²) in [5.74, 6) is -0.817. The molecule has 0 radical (unpaired) electrons. The Kier molecular flexibility index (Phi) is 12.3. The summed E-state index contributed by atoms with van der Waals surface area (Å²) in [6.45, 7) is 2.23. The van der Waals surface area contributed by atoms with Crippen molar-refractivity contribution < 1.29 is 18.3 Å². The Morgan fingerprint density at radius 2 is 1.61 bits per heavy atom. The molecule has 0 aliphatic carbocycles. The molecule has 160 valence electrons. The minimum Gasteiger partial charge on any atom is -0.480 e. The molecule has 0 aliphatic rings. The van der Waals surface area contributed by atoms with Gasteiger partial charge in [0.05, 0.1) is 6.26 Å². The molecule has 28 heavy (non-hydrogen) atoms. The predicted molar refractivity (Wildman–Crippen MR) is 119 cm³/mol. The average Bonchev–Trinajstić information content (AvgIpc) is 2.61. The number of carboxylic acids is 1. The lowest BCUT2D eigenvalue weighted by Gasteiger charge is -2.13. The van der Waals surface area contributed by atoms with Gasteiger partial charge >= 0.3 is 5.97 Å². The summed E-state index contributed by atoms with van der Waals surface area (Å²) < 4.78 is 25.1. The van der Waals surface area contributed by atoms with Crippen LogP contribution in [0.3, 0.4) is 0 Å². The van der Waals surface area contributed by atoms with E-state index in [0.29, 0.717) is 12.1 Å². The van der Waals surface area contributed by atoms with E-state index in [2.05, 4.69) is 11.6 Å². The highest BCUT2D eigenvalue weighted by molar-refractivity contribution is 8.00. The maximum atomic E-state index is 11.6. The van der Waals surface area contributed by atoms with Gasteiger partial charge in [0.2, 0.25) is 10.0 Å². The van der Waals surface area contributed by atoms with E-state index in [4.69, 9.17) is 0 Å². The van der Waals surface area contributed by atoms with Crippen LogP contribution in [0.1, 0.15) is 77.6 Å². The molecule has 5 nitrogen and oxygen atoms in total. The standard InChI is InChI=1S/C21H35NO4S2/c1-3-4-5-6-7-8-9-10-11-12-16-20(21(23)24)27-19-15-13-14-18(17-19)22-28(2,25)26/h13-15,17,20,22H,3-12,16H2,1-2H3,(H,23,24). The van der Waals surface area contributed by atoms with Gasteiger partial charge in [-0.05, 0) is 24.6 Å². The minimum atomic E-state index is -3.35. The monoisotopic (exact) mass is 429 g/mol. The van der Waals surface area contributed by atoms with Crippen molar-refractivity contribution in [1.29, 1.82) is 0 Å². The number of rotatable bonds is 16. The van der Waals surface area contributed by atoms with Gasteiger partial charge in [0, 0.05) is 10.6 Å². The maximum absolute atomic E-state index is 11.6. The first kappa shape index (κ1) is 24.8. The van der Waals surface area contributed by atoms with Gasteiger partial charge in [0.25, 0.3) is 0 Å². The van der Waals surface area contributed by atoms with Crippen LogP contribution in [0.15, 0.2) is 29.2 Å². The van der Waals surface area contributed by atoms with Gasteiger partial charge in [-0.2, -0.15) is 0 Å². The van der Waals surface area contributed by atoms with Crippen LogP contribution in [0.25, 0.3) is 0 Å². The van der Waals surface area contributed by atoms with Crippen LogP contribution in [-0.2, 0) is 14.8 Å². The number of sulfonamides is 1. The van der Waals surface area contributed by atoms with Crippen LogP contribution in [-0.4, -0.2) is 31.0 Å². The second-order valence-electron chi connectivity index (χ2n) is 7.32. The van der Waals surface area contributed by atoms with Crippen molar-refractivity contribution >= 4 is 33.4 Å². The molecule has 0 amide bonds. The Morgan fingerprint density at radius 3 is 2.14 bits per heavy atom. The molecule has 2 N–H and O–H groups in total. The Balaban J connectivity index is 2.32. The quantitative estimate of drug-likeness (QED) is 0.252. The van der Waals surface area contributed by atoms with Gasteiger partial charge in [0.15, 0.2) is 0 Å². The maximum Gasteiger partial charge on any atom is 0.316 e. The molecule has 0 bridgehead atoms. The number of carboxylic acid groups (broad SMARTS) is 1. The molecule has 0 heterocycles. The van der Waals surface area contributed by atoms with Crippen LogP contribution in [0, 0.1) is 0 Å². The fraction of sp³-hybridized carbons (Fsp3) is 0.667. The summed E-state index contributed by atoms with van der Waals surface area (Å²) >= 11 is 1.28. The largest absolute Gasteiger partial charge is 0.480 e. The normalized spacial score (nSPS) is 12.6. The first-order valence-corrected chi connectivity index (χ1v) is 13.1. The zero-order valence-corrected chi connectivity index (χ0v) is 18.8. The van der Waals surface area contributed by atoms with Crippen molar-refractivity contribution in [3.63, 3.8) is 0 Å². The number of unbranched alkanes of at least 4 members (excludes halogenated alkanes) is 9. The number of anilines is 1. The molecule has 0 fully saturated rings. The summed E-state index contributed by atoms with van der Waals surface area (Å²) in [7, 11) is -3.35. The highest BCUT2D eigenvalue weighted by Gasteiger charge is 2.18. The van der Waals surface area contributed by atoms with Crippen molar-refractivity contribution in [2.24, 2.45) is 0 Å². The average molecular weight is 430 g/mol. The minimum absolute atomic E-state index is 0.454. The summed E-state index contributed by atoms with van der Waals surface area (Å²) in [6, 6.07) is 6.88. The third kappa shape index (κ3) is 12.3. The highest BCUT2D eigenvalue weighted by Crippen LogP contribution is 2.29. The predicted octanol–water partition coefficient (Wildman–Crippen LogP) is 5.91. The Hall–Kier alpha value is -1.21. The number of benzene rings is 1. The summed E-state index contributed by atoms with van der Waals surface area (Å²) in [5.41, 5.74) is 0.454. The number of nitrogens with one attached hydrogen (secondary N) is 1. The van der Waals surface area contributed by atoms with Gasteiger partial charge < -0.3 is 5.11 Å². The third-order valence-corrected chi connectivity index (χ3v) is 6.37. The van der Waals surface area contributed by atoms with Crippen molar-refractivity contribution in [2.45, 2.75) is 87.7 Å². The van der Waals surface area contributed by atoms with E-state index in [9.17, 15) is 18.3 Å². The molecule has 1 unspecified atom stereocenters. The lowest BCUT2D eigenvalue weighted by molar-refractivity contribution is -0.136. The zero-order valence-electron chi connectivity index (χ0n) is 17.2. The summed E-state index contributed by atoms with van der Waals surface area (Å²) in [4.78, 5) is 12.3. The van der Waals surface area contributed by atoms with E-state index in [1.807, 2.05) is 6.07 Å². The number of hydrogen-bond acceptors (Lipinski definition) is 4. The fourth-order valence-electron chi connectivity index (χ4n) is 3.06. The van der Waals surface area contributed by atoms with Crippen LogP contribution in [0.5, 0.6) is 0 Å². The van der Waals surface area contributed by atoms with Gasteiger partial charge in [-0.25, -0.2) is 8.42 Å². The lowest BCUT2D eigenvalue weighted by Crippen LogP contribution is -2.16. The van der Waals surface area contributed by atoms with Crippen LogP contribution in [0.2, 0.25) is 0 Å². The Morgan fingerprint density at radius 1 is 1.04 bits per heavy atom. The molecule has 0 saturated heterocycles. The number of thioether (sulfide) groups is 1. The van der Waals surface area contributed by atoms with E-state index >= 15 is 0 Å². The van der Waals surface area contributed by atoms with Gasteiger partial charge in [-0.15, -0.1) is 11.8 Å². The second kappa shape index (κ2) is 13.9. The third-order valence-electron chi connectivity index (χ3n) is 4.51. The molecule has 1 atom stereocenters. The fourth-order valence-corrected chi connectivity index (χ4v) is 4.68. The van der Waals surface area contributed by atoms with Crippen LogP contribution >= 0.6 is 11.8 Å². The first-order chi connectivity index (χ1) is 13.3. The van der Waals surface area contributed by atoms with E-state index in [1.54, 1.807) is 18.2 Å². The SMILES string of the molecule is CCCCCCCCCCCCC(Sc1cccc(NS(C)(=O)=O)c1)C(=O)O. The molecule has 1 aromatic rings. The first-order valence-electron chi connectivity index (χ1n) is 10.3.